The molecule has 9 nitrogen and oxygen atoms in total. The molecule has 1 unspecified atom stereocenters. The zero-order valence-corrected chi connectivity index (χ0v) is 20.2. The Bertz CT molecular complexity index is 1230. The highest BCUT2D eigenvalue weighted by molar-refractivity contribution is 7.92. The molecule has 0 spiro atoms. The molecule has 0 aliphatic heterocycles. The first kappa shape index (κ1) is 25.7. The Morgan fingerprint density at radius 1 is 0.886 bits per heavy atom. The molecule has 0 fully saturated rings. The summed E-state index contributed by atoms with van der Waals surface area (Å²) in [5.41, 5.74) is 6.07. The van der Waals surface area contributed by atoms with Crippen molar-refractivity contribution < 1.29 is 27.5 Å². The number of carbonyl (C=O) groups is 2. The quantitative estimate of drug-likeness (QED) is 0.370. The Hall–Kier alpha value is -3.89. The molecule has 1 atom stereocenters. The van der Waals surface area contributed by atoms with Crippen molar-refractivity contribution in [1.29, 1.82) is 0 Å². The van der Waals surface area contributed by atoms with E-state index in [4.69, 9.17) is 9.47 Å². The molecule has 3 aromatic carbocycles. The molecule has 3 N–H and O–H groups in total. The molecule has 0 radical (unpaired) electrons. The summed E-state index contributed by atoms with van der Waals surface area (Å²) >= 11 is 0. The molecule has 0 saturated heterocycles. The molecule has 0 aliphatic rings. The molecule has 2 amide bonds. The van der Waals surface area contributed by atoms with Crippen LogP contribution >= 0.6 is 0 Å². The molecule has 3 aromatic rings. The molecule has 0 heterocycles. The minimum Gasteiger partial charge on any atom is -0.494 e. The first-order valence-electron chi connectivity index (χ1n) is 10.9. The lowest BCUT2D eigenvalue weighted by Gasteiger charge is -2.14. The normalized spacial score (nSPS) is 11.8. The van der Waals surface area contributed by atoms with E-state index in [1.54, 1.807) is 19.1 Å². The Morgan fingerprint density at radius 3 is 2.17 bits per heavy atom. The van der Waals surface area contributed by atoms with Gasteiger partial charge in [-0.25, -0.2) is 8.42 Å². The molecular weight excluding hydrogens is 470 g/mol. The number of hydrogen-bond donors (Lipinski definition) is 3. The van der Waals surface area contributed by atoms with Crippen LogP contribution in [0.15, 0.2) is 83.8 Å². The summed E-state index contributed by atoms with van der Waals surface area (Å²) < 4.78 is 38.5. The molecular formula is C25H27N3O6S. The number of hydrogen-bond acceptors (Lipinski definition) is 6. The standard InChI is InChI=1S/C25H27N3O6S/c1-3-33-22-13-15-23(16-14-22)35(31,32)28-21-11-9-20(10-12-21)25(30)27-26-24(29)18(2)34-17-19-7-5-4-6-8-19/h4-16,18,28H,3,17H2,1-2H3,(H,26,29)(H,27,30). The second-order valence-electron chi connectivity index (χ2n) is 7.47. The second-order valence-corrected chi connectivity index (χ2v) is 9.15. The minimum atomic E-state index is -3.81. The maximum Gasteiger partial charge on any atom is 0.269 e. The molecule has 0 bridgehead atoms. The fourth-order valence-corrected chi connectivity index (χ4v) is 4.01. The van der Waals surface area contributed by atoms with E-state index in [0.717, 1.165) is 5.56 Å². The van der Waals surface area contributed by atoms with Crippen molar-refractivity contribution in [3.63, 3.8) is 0 Å². The number of hydrazine groups is 1. The van der Waals surface area contributed by atoms with Crippen LogP contribution in [0.1, 0.15) is 29.8 Å². The van der Waals surface area contributed by atoms with Crippen LogP contribution in [-0.4, -0.2) is 32.9 Å². The molecule has 10 heteroatoms. The van der Waals surface area contributed by atoms with E-state index in [1.807, 2.05) is 37.3 Å². The highest BCUT2D eigenvalue weighted by Crippen LogP contribution is 2.19. The van der Waals surface area contributed by atoms with Gasteiger partial charge in [0.1, 0.15) is 11.9 Å². The van der Waals surface area contributed by atoms with Crippen LogP contribution in [0.25, 0.3) is 0 Å². The van der Waals surface area contributed by atoms with Gasteiger partial charge in [-0.1, -0.05) is 30.3 Å². The predicted molar refractivity (Wildman–Crippen MR) is 131 cm³/mol. The van der Waals surface area contributed by atoms with E-state index in [-0.39, 0.29) is 22.8 Å². The van der Waals surface area contributed by atoms with Gasteiger partial charge in [0.05, 0.1) is 18.1 Å². The van der Waals surface area contributed by atoms with Crippen molar-refractivity contribution in [2.45, 2.75) is 31.5 Å². The fraction of sp³-hybridized carbons (Fsp3) is 0.200. The van der Waals surface area contributed by atoms with Gasteiger partial charge in [0.15, 0.2) is 0 Å². The molecule has 0 aliphatic carbocycles. The number of ether oxygens (including phenoxy) is 2. The van der Waals surface area contributed by atoms with Gasteiger partial charge in [0.25, 0.3) is 21.8 Å². The van der Waals surface area contributed by atoms with E-state index in [9.17, 15) is 18.0 Å². The van der Waals surface area contributed by atoms with E-state index < -0.39 is 27.9 Å². The number of rotatable bonds is 10. The van der Waals surface area contributed by atoms with E-state index in [2.05, 4.69) is 15.6 Å². The third-order valence-corrected chi connectivity index (χ3v) is 6.25. The highest BCUT2D eigenvalue weighted by atomic mass is 32.2. The van der Waals surface area contributed by atoms with Crippen molar-refractivity contribution in [3.8, 4) is 5.75 Å². The van der Waals surface area contributed by atoms with Crippen LogP contribution in [0.4, 0.5) is 5.69 Å². The third-order valence-electron chi connectivity index (χ3n) is 4.86. The minimum absolute atomic E-state index is 0.0779. The number of carbonyl (C=O) groups excluding carboxylic acids is 2. The van der Waals surface area contributed by atoms with Crippen LogP contribution in [-0.2, 0) is 26.2 Å². The van der Waals surface area contributed by atoms with E-state index in [1.165, 1.54) is 36.4 Å². The largest absolute Gasteiger partial charge is 0.494 e. The first-order valence-corrected chi connectivity index (χ1v) is 12.4. The number of amides is 2. The molecule has 0 aromatic heterocycles. The van der Waals surface area contributed by atoms with Crippen LogP contribution < -0.4 is 20.3 Å². The average Bonchev–Trinajstić information content (AvgIpc) is 2.87. The monoisotopic (exact) mass is 497 g/mol. The van der Waals surface area contributed by atoms with Gasteiger partial charge in [-0.05, 0) is 67.9 Å². The fourth-order valence-electron chi connectivity index (χ4n) is 2.95. The number of benzene rings is 3. The van der Waals surface area contributed by atoms with Gasteiger partial charge >= 0.3 is 0 Å². The molecule has 184 valence electrons. The third kappa shape index (κ3) is 7.56. The van der Waals surface area contributed by atoms with Crippen molar-refractivity contribution in [1.82, 2.24) is 10.9 Å². The zero-order chi connectivity index (χ0) is 25.3. The lowest BCUT2D eigenvalue weighted by Crippen LogP contribution is -2.46. The van der Waals surface area contributed by atoms with Crippen LogP contribution in [0.2, 0.25) is 0 Å². The average molecular weight is 498 g/mol. The topological polar surface area (TPSA) is 123 Å². The number of anilines is 1. The second kappa shape index (κ2) is 12.0. The van der Waals surface area contributed by atoms with Gasteiger partial charge < -0.3 is 9.47 Å². The Morgan fingerprint density at radius 2 is 1.54 bits per heavy atom. The lowest BCUT2D eigenvalue weighted by molar-refractivity contribution is -0.133. The molecule has 3 rings (SSSR count). The van der Waals surface area contributed by atoms with Gasteiger partial charge in [-0.3, -0.25) is 25.2 Å². The van der Waals surface area contributed by atoms with Gasteiger partial charge in [0.2, 0.25) is 0 Å². The van der Waals surface area contributed by atoms with Crippen LogP contribution in [0, 0.1) is 0 Å². The maximum absolute atomic E-state index is 12.6. The number of nitrogens with one attached hydrogen (secondary N) is 3. The van der Waals surface area contributed by atoms with Crippen molar-refractivity contribution in [3.05, 3.63) is 90.0 Å². The summed E-state index contributed by atoms with van der Waals surface area (Å²) in [5, 5.41) is 0. The van der Waals surface area contributed by atoms with E-state index >= 15 is 0 Å². The van der Waals surface area contributed by atoms with Crippen molar-refractivity contribution in [2.24, 2.45) is 0 Å². The molecule has 0 saturated carbocycles. The summed E-state index contributed by atoms with van der Waals surface area (Å²) in [7, 11) is -3.81. The Labute approximate surface area is 204 Å². The van der Waals surface area contributed by atoms with Gasteiger partial charge in [-0.2, -0.15) is 0 Å². The van der Waals surface area contributed by atoms with Gasteiger partial charge in [0, 0.05) is 11.3 Å². The summed E-state index contributed by atoms with van der Waals surface area (Å²) in [4.78, 5) is 24.6. The van der Waals surface area contributed by atoms with Crippen molar-refractivity contribution in [2.75, 3.05) is 11.3 Å². The van der Waals surface area contributed by atoms with Gasteiger partial charge in [-0.15, -0.1) is 0 Å². The lowest BCUT2D eigenvalue weighted by atomic mass is 10.2. The Balaban J connectivity index is 1.50. The van der Waals surface area contributed by atoms with Crippen molar-refractivity contribution >= 4 is 27.5 Å². The smallest absolute Gasteiger partial charge is 0.269 e. The number of sulfonamides is 1. The van der Waals surface area contributed by atoms with Crippen LogP contribution in [0.3, 0.4) is 0 Å². The molecule has 35 heavy (non-hydrogen) atoms. The first-order chi connectivity index (χ1) is 16.8. The summed E-state index contributed by atoms with van der Waals surface area (Å²) in [5.74, 6) is -0.491. The zero-order valence-electron chi connectivity index (χ0n) is 19.4. The Kier molecular flexibility index (Phi) is 8.82. The van der Waals surface area contributed by atoms with E-state index in [0.29, 0.717) is 12.4 Å². The summed E-state index contributed by atoms with van der Waals surface area (Å²) in [6.07, 6.45) is -0.783. The SMILES string of the molecule is CCOc1ccc(S(=O)(=O)Nc2ccc(C(=O)NNC(=O)C(C)OCc3ccccc3)cc2)cc1. The highest BCUT2D eigenvalue weighted by Gasteiger charge is 2.16. The summed E-state index contributed by atoms with van der Waals surface area (Å²) in [6.45, 7) is 4.16. The predicted octanol–water partition coefficient (Wildman–Crippen LogP) is 3.25. The maximum atomic E-state index is 12.6. The van der Waals surface area contributed by atoms with Crippen LogP contribution in [0.5, 0.6) is 5.75 Å². The summed E-state index contributed by atoms with van der Waals surface area (Å²) in [6, 6.07) is 21.2.